The van der Waals surface area contributed by atoms with Gasteiger partial charge in [-0.3, -0.25) is 4.90 Å². The maximum absolute atomic E-state index is 4.10. The second kappa shape index (κ2) is 6.06. The molecule has 2 aliphatic rings. The van der Waals surface area contributed by atoms with Crippen LogP contribution < -0.4 is 5.32 Å². The normalized spacial score (nSPS) is 28.7. The van der Waals surface area contributed by atoms with Crippen molar-refractivity contribution in [1.82, 2.24) is 19.8 Å². The van der Waals surface area contributed by atoms with Crippen LogP contribution >= 0.6 is 0 Å². The minimum absolute atomic E-state index is 0.734. The molecule has 0 aromatic carbocycles. The lowest BCUT2D eigenvalue weighted by Crippen LogP contribution is -2.57. The number of aryl methyl sites for hydroxylation is 1. The molecular formula is C15H26N4. The molecule has 2 fully saturated rings. The second-order valence-corrected chi connectivity index (χ2v) is 6.06. The molecule has 2 unspecified atom stereocenters. The molecule has 3 rings (SSSR count). The Bertz CT molecular complexity index is 372. The average molecular weight is 262 g/mol. The van der Waals surface area contributed by atoms with Gasteiger partial charge in [0, 0.05) is 50.7 Å². The third-order valence-corrected chi connectivity index (χ3v) is 4.65. The summed E-state index contributed by atoms with van der Waals surface area (Å²) >= 11 is 0. The first kappa shape index (κ1) is 13.1. The van der Waals surface area contributed by atoms with Crippen LogP contribution in [0.1, 0.15) is 32.6 Å². The first-order valence-corrected chi connectivity index (χ1v) is 7.80. The van der Waals surface area contributed by atoms with Crippen molar-refractivity contribution in [2.75, 3.05) is 19.6 Å². The zero-order valence-electron chi connectivity index (χ0n) is 12.0. The molecule has 0 amide bonds. The largest absolute Gasteiger partial charge is 0.337 e. The molecule has 1 saturated heterocycles. The van der Waals surface area contributed by atoms with Gasteiger partial charge >= 0.3 is 0 Å². The molecular weight excluding hydrogens is 236 g/mol. The monoisotopic (exact) mass is 262 g/mol. The van der Waals surface area contributed by atoms with Crippen LogP contribution in [-0.2, 0) is 6.54 Å². The van der Waals surface area contributed by atoms with E-state index in [1.807, 2.05) is 12.5 Å². The van der Waals surface area contributed by atoms with Crippen molar-refractivity contribution < 1.29 is 0 Å². The molecule has 1 aliphatic carbocycles. The zero-order valence-corrected chi connectivity index (χ0v) is 12.0. The van der Waals surface area contributed by atoms with Crippen LogP contribution in [0.15, 0.2) is 18.7 Å². The Morgan fingerprint density at radius 3 is 2.89 bits per heavy atom. The first-order chi connectivity index (χ1) is 9.36. The van der Waals surface area contributed by atoms with E-state index >= 15 is 0 Å². The molecule has 0 radical (unpaired) electrons. The highest BCUT2D eigenvalue weighted by Crippen LogP contribution is 2.34. The summed E-state index contributed by atoms with van der Waals surface area (Å²) in [5.74, 6) is 0.967. The van der Waals surface area contributed by atoms with Gasteiger partial charge in [-0.1, -0.05) is 6.92 Å². The molecule has 1 N–H and O–H groups in total. The Balaban J connectivity index is 1.48. The van der Waals surface area contributed by atoms with Gasteiger partial charge in [0.25, 0.3) is 0 Å². The van der Waals surface area contributed by atoms with E-state index in [1.165, 1.54) is 45.3 Å². The molecule has 1 aromatic rings. The summed E-state index contributed by atoms with van der Waals surface area (Å²) in [7, 11) is 0. The van der Waals surface area contributed by atoms with Crippen molar-refractivity contribution in [2.24, 2.45) is 5.92 Å². The van der Waals surface area contributed by atoms with Crippen molar-refractivity contribution in [3.8, 4) is 0 Å². The molecule has 1 saturated carbocycles. The number of rotatable bonds is 6. The van der Waals surface area contributed by atoms with E-state index in [-0.39, 0.29) is 0 Å². The molecule has 106 valence electrons. The Kier molecular flexibility index (Phi) is 4.18. The standard InChI is InChI=1S/C15H26N4/c1-2-14-10-17-15(13-4-5-13)11-19(14)8-3-7-18-9-6-16-12-18/h6,9,12-15,17H,2-5,7-8,10-11H2,1H3. The maximum Gasteiger partial charge on any atom is 0.0945 e. The van der Waals surface area contributed by atoms with Gasteiger partial charge < -0.3 is 9.88 Å². The van der Waals surface area contributed by atoms with Gasteiger partial charge in [0.15, 0.2) is 0 Å². The van der Waals surface area contributed by atoms with Crippen molar-refractivity contribution in [2.45, 2.75) is 51.2 Å². The van der Waals surface area contributed by atoms with E-state index in [1.54, 1.807) is 0 Å². The summed E-state index contributed by atoms with van der Waals surface area (Å²) in [6.07, 6.45) is 11.2. The number of nitrogens with zero attached hydrogens (tertiary/aromatic N) is 3. The fourth-order valence-electron chi connectivity index (χ4n) is 3.25. The predicted octanol–water partition coefficient (Wildman–Crippen LogP) is 1.74. The van der Waals surface area contributed by atoms with E-state index in [2.05, 4.69) is 32.9 Å². The lowest BCUT2D eigenvalue weighted by Gasteiger charge is -2.40. The summed E-state index contributed by atoms with van der Waals surface area (Å²) in [6.45, 7) is 7.07. The number of hydrogen-bond donors (Lipinski definition) is 1. The summed E-state index contributed by atoms with van der Waals surface area (Å²) in [5.41, 5.74) is 0. The second-order valence-electron chi connectivity index (χ2n) is 6.06. The summed E-state index contributed by atoms with van der Waals surface area (Å²) in [6, 6.07) is 1.49. The molecule has 1 aromatic heterocycles. The number of aromatic nitrogens is 2. The summed E-state index contributed by atoms with van der Waals surface area (Å²) in [5, 5.41) is 3.76. The SMILES string of the molecule is CCC1CNC(C2CC2)CN1CCCn1ccnc1. The van der Waals surface area contributed by atoms with E-state index < -0.39 is 0 Å². The maximum atomic E-state index is 4.10. The third kappa shape index (κ3) is 3.37. The van der Waals surface area contributed by atoms with E-state index in [0.29, 0.717) is 0 Å². The van der Waals surface area contributed by atoms with Crippen molar-refractivity contribution in [3.05, 3.63) is 18.7 Å². The zero-order chi connectivity index (χ0) is 13.1. The van der Waals surface area contributed by atoms with Crippen LogP contribution in [0.2, 0.25) is 0 Å². The van der Waals surface area contributed by atoms with Crippen LogP contribution in [0, 0.1) is 5.92 Å². The van der Waals surface area contributed by atoms with Crippen LogP contribution in [0.5, 0.6) is 0 Å². The summed E-state index contributed by atoms with van der Waals surface area (Å²) < 4.78 is 2.18. The van der Waals surface area contributed by atoms with Gasteiger partial charge in [-0.2, -0.15) is 0 Å². The topological polar surface area (TPSA) is 33.1 Å². The molecule has 0 spiro atoms. The smallest absolute Gasteiger partial charge is 0.0945 e. The molecule has 19 heavy (non-hydrogen) atoms. The molecule has 2 atom stereocenters. The Hall–Kier alpha value is -0.870. The van der Waals surface area contributed by atoms with Gasteiger partial charge in [-0.25, -0.2) is 4.98 Å². The van der Waals surface area contributed by atoms with Gasteiger partial charge in [-0.05, 0) is 31.6 Å². The molecule has 4 heteroatoms. The predicted molar refractivity (Wildman–Crippen MR) is 77.0 cm³/mol. The highest BCUT2D eigenvalue weighted by atomic mass is 15.2. The average Bonchev–Trinajstić information content (AvgIpc) is 3.17. The van der Waals surface area contributed by atoms with Crippen LogP contribution in [0.4, 0.5) is 0 Å². The highest BCUT2D eigenvalue weighted by Gasteiger charge is 2.36. The van der Waals surface area contributed by atoms with E-state index in [0.717, 1.165) is 24.5 Å². The Morgan fingerprint density at radius 2 is 2.21 bits per heavy atom. The number of piperazine rings is 1. The minimum Gasteiger partial charge on any atom is -0.337 e. The van der Waals surface area contributed by atoms with Gasteiger partial charge in [0.05, 0.1) is 6.33 Å². The van der Waals surface area contributed by atoms with Crippen molar-refractivity contribution in [3.63, 3.8) is 0 Å². The summed E-state index contributed by atoms with van der Waals surface area (Å²) in [4.78, 5) is 6.82. The van der Waals surface area contributed by atoms with Gasteiger partial charge in [-0.15, -0.1) is 0 Å². The molecule has 0 bridgehead atoms. The fraction of sp³-hybridized carbons (Fsp3) is 0.800. The first-order valence-electron chi connectivity index (χ1n) is 7.80. The Labute approximate surface area is 116 Å². The lowest BCUT2D eigenvalue weighted by molar-refractivity contribution is 0.116. The van der Waals surface area contributed by atoms with Crippen LogP contribution in [0.3, 0.4) is 0 Å². The molecule has 4 nitrogen and oxygen atoms in total. The number of imidazole rings is 1. The van der Waals surface area contributed by atoms with E-state index in [4.69, 9.17) is 0 Å². The van der Waals surface area contributed by atoms with Gasteiger partial charge in [0.1, 0.15) is 0 Å². The molecule has 2 heterocycles. The quantitative estimate of drug-likeness (QED) is 0.847. The highest BCUT2D eigenvalue weighted by molar-refractivity contribution is 4.94. The van der Waals surface area contributed by atoms with Crippen LogP contribution in [-0.4, -0.2) is 46.2 Å². The Morgan fingerprint density at radius 1 is 1.32 bits per heavy atom. The third-order valence-electron chi connectivity index (χ3n) is 4.65. The lowest BCUT2D eigenvalue weighted by atomic mass is 10.0. The minimum atomic E-state index is 0.734. The number of hydrogen-bond acceptors (Lipinski definition) is 3. The molecule has 1 aliphatic heterocycles. The van der Waals surface area contributed by atoms with Crippen molar-refractivity contribution in [1.29, 1.82) is 0 Å². The fourth-order valence-corrected chi connectivity index (χ4v) is 3.25. The van der Waals surface area contributed by atoms with Gasteiger partial charge in [0.2, 0.25) is 0 Å². The van der Waals surface area contributed by atoms with Crippen LogP contribution in [0.25, 0.3) is 0 Å². The van der Waals surface area contributed by atoms with E-state index in [9.17, 15) is 0 Å². The van der Waals surface area contributed by atoms with Crippen molar-refractivity contribution >= 4 is 0 Å². The number of nitrogens with one attached hydrogen (secondary N) is 1.